The number of para-hydroxylation sites is 1. The molecule has 1 fully saturated rings. The average molecular weight is 333 g/mol. The Kier molecular flexibility index (Phi) is 4.79. The van der Waals surface area contributed by atoms with Gasteiger partial charge >= 0.3 is 0 Å². The Morgan fingerprint density at radius 3 is 2.52 bits per heavy atom. The third kappa shape index (κ3) is 3.59. The Balaban J connectivity index is 1.56. The molecular weight excluding hydrogens is 310 g/mol. The predicted molar refractivity (Wildman–Crippen MR) is 101 cm³/mol. The van der Waals surface area contributed by atoms with E-state index in [1.165, 1.54) is 11.3 Å². The number of aromatic nitrogens is 2. The Bertz CT molecular complexity index is 793. The van der Waals surface area contributed by atoms with Crippen LogP contribution in [-0.4, -0.2) is 29.3 Å². The van der Waals surface area contributed by atoms with Crippen LogP contribution < -0.4 is 5.32 Å². The Morgan fingerprint density at radius 1 is 1.04 bits per heavy atom. The molecule has 1 aromatic heterocycles. The van der Waals surface area contributed by atoms with Crippen molar-refractivity contribution in [2.45, 2.75) is 18.9 Å². The largest absolute Gasteiger partial charge is 0.383 e. The van der Waals surface area contributed by atoms with Crippen molar-refractivity contribution in [1.29, 1.82) is 0 Å². The van der Waals surface area contributed by atoms with Crippen LogP contribution in [0.25, 0.3) is 11.3 Å². The van der Waals surface area contributed by atoms with Crippen LogP contribution in [0.2, 0.25) is 0 Å². The molecule has 1 aliphatic rings. The van der Waals surface area contributed by atoms with Gasteiger partial charge in [0.15, 0.2) is 0 Å². The quantitative estimate of drug-likeness (QED) is 0.736. The zero-order valence-electron chi connectivity index (χ0n) is 14.3. The number of hydrogen-bond acceptors (Lipinski definition) is 3. The number of benzene rings is 2. The van der Waals surface area contributed by atoms with E-state index in [0.717, 1.165) is 44.1 Å². The van der Waals surface area contributed by atoms with Gasteiger partial charge in [-0.15, -0.1) is 0 Å². The fraction of sp³-hybridized carbons (Fsp3) is 0.286. The van der Waals surface area contributed by atoms with Crippen LogP contribution in [-0.2, 0) is 11.3 Å². The molecule has 2 heterocycles. The highest BCUT2D eigenvalue weighted by atomic mass is 16.5. The molecule has 0 spiro atoms. The van der Waals surface area contributed by atoms with Gasteiger partial charge in [-0.05, 0) is 18.6 Å². The number of rotatable bonds is 6. The number of hydrogen-bond donors (Lipinski definition) is 1. The first kappa shape index (κ1) is 15.9. The van der Waals surface area contributed by atoms with Crippen molar-refractivity contribution >= 4 is 5.69 Å². The van der Waals surface area contributed by atoms with Crippen LogP contribution in [0.3, 0.4) is 0 Å². The summed E-state index contributed by atoms with van der Waals surface area (Å²) in [5.41, 5.74) is 4.73. The van der Waals surface area contributed by atoms with Gasteiger partial charge in [-0.2, -0.15) is 0 Å². The lowest BCUT2D eigenvalue weighted by Gasteiger charge is -2.15. The van der Waals surface area contributed by atoms with Gasteiger partial charge in [0.2, 0.25) is 0 Å². The van der Waals surface area contributed by atoms with Gasteiger partial charge in [-0.25, -0.2) is 4.98 Å². The van der Waals surface area contributed by atoms with Crippen molar-refractivity contribution in [2.24, 2.45) is 0 Å². The third-order valence-corrected chi connectivity index (χ3v) is 4.70. The van der Waals surface area contributed by atoms with Gasteiger partial charge < -0.3 is 14.6 Å². The van der Waals surface area contributed by atoms with Crippen LogP contribution in [0.1, 0.15) is 18.0 Å². The second-order valence-electron chi connectivity index (χ2n) is 6.39. The topological polar surface area (TPSA) is 39.1 Å². The maximum absolute atomic E-state index is 5.64. The maximum Gasteiger partial charge on any atom is 0.0956 e. The Hall–Kier alpha value is -2.59. The first-order chi connectivity index (χ1) is 12.4. The molecule has 4 heteroatoms. The van der Waals surface area contributed by atoms with Crippen molar-refractivity contribution in [3.8, 4) is 11.3 Å². The molecule has 1 aliphatic heterocycles. The first-order valence-electron chi connectivity index (χ1n) is 8.89. The molecule has 3 aromatic rings. The van der Waals surface area contributed by atoms with E-state index in [9.17, 15) is 0 Å². The fourth-order valence-corrected chi connectivity index (χ4v) is 3.44. The number of nitrogens with one attached hydrogen (secondary N) is 1. The molecule has 1 atom stereocenters. The monoisotopic (exact) mass is 333 g/mol. The smallest absolute Gasteiger partial charge is 0.0956 e. The molecule has 0 bridgehead atoms. The summed E-state index contributed by atoms with van der Waals surface area (Å²) in [6.45, 7) is 3.39. The summed E-state index contributed by atoms with van der Waals surface area (Å²) in [5, 5.41) is 3.48. The van der Waals surface area contributed by atoms with Gasteiger partial charge in [-0.3, -0.25) is 0 Å². The summed E-state index contributed by atoms with van der Waals surface area (Å²) in [5.74, 6) is 0.425. The standard InChI is InChI=1S/C21H23N3O/c1-3-7-17(8-4-1)20-21(18-11-14-25-15-18)24(16-23-20)13-12-22-19-9-5-2-6-10-19/h1-10,16,18,22H,11-15H2/t18-/m0/s1. The minimum absolute atomic E-state index is 0.425. The molecule has 0 unspecified atom stereocenters. The molecule has 1 N–H and O–H groups in total. The molecule has 0 saturated carbocycles. The van der Waals surface area contributed by atoms with E-state index < -0.39 is 0 Å². The first-order valence-corrected chi connectivity index (χ1v) is 8.89. The van der Waals surface area contributed by atoms with Crippen LogP contribution in [0, 0.1) is 0 Å². The highest BCUT2D eigenvalue weighted by Gasteiger charge is 2.25. The molecule has 0 aliphatic carbocycles. The van der Waals surface area contributed by atoms with E-state index >= 15 is 0 Å². The minimum atomic E-state index is 0.425. The van der Waals surface area contributed by atoms with Gasteiger partial charge in [-0.1, -0.05) is 48.5 Å². The summed E-state index contributed by atoms with van der Waals surface area (Å²) >= 11 is 0. The average Bonchev–Trinajstić information content (AvgIpc) is 3.33. The Labute approximate surface area is 148 Å². The number of imidazole rings is 1. The van der Waals surface area contributed by atoms with Crippen molar-refractivity contribution < 1.29 is 4.74 Å². The molecule has 25 heavy (non-hydrogen) atoms. The zero-order chi connectivity index (χ0) is 16.9. The fourth-order valence-electron chi connectivity index (χ4n) is 3.44. The van der Waals surface area contributed by atoms with Crippen LogP contribution in [0.4, 0.5) is 5.69 Å². The summed E-state index contributed by atoms with van der Waals surface area (Å²) in [6.07, 6.45) is 3.04. The maximum atomic E-state index is 5.64. The summed E-state index contributed by atoms with van der Waals surface area (Å²) < 4.78 is 7.93. The van der Waals surface area contributed by atoms with Crippen LogP contribution in [0.5, 0.6) is 0 Å². The highest BCUT2D eigenvalue weighted by Crippen LogP contribution is 2.33. The van der Waals surface area contributed by atoms with Gasteiger partial charge in [0.1, 0.15) is 0 Å². The highest BCUT2D eigenvalue weighted by molar-refractivity contribution is 5.62. The van der Waals surface area contributed by atoms with E-state index in [0.29, 0.717) is 5.92 Å². The molecular formula is C21H23N3O. The van der Waals surface area contributed by atoms with E-state index in [-0.39, 0.29) is 0 Å². The molecule has 4 rings (SSSR count). The summed E-state index contributed by atoms with van der Waals surface area (Å²) in [6, 6.07) is 20.8. The summed E-state index contributed by atoms with van der Waals surface area (Å²) in [7, 11) is 0. The normalized spacial score (nSPS) is 16.9. The van der Waals surface area contributed by atoms with Crippen molar-refractivity contribution in [2.75, 3.05) is 25.1 Å². The molecule has 2 aromatic carbocycles. The lowest BCUT2D eigenvalue weighted by Crippen LogP contribution is -2.14. The summed E-state index contributed by atoms with van der Waals surface area (Å²) in [4.78, 5) is 4.74. The van der Waals surface area contributed by atoms with Crippen molar-refractivity contribution in [3.63, 3.8) is 0 Å². The Morgan fingerprint density at radius 2 is 1.80 bits per heavy atom. The van der Waals surface area contributed by atoms with Crippen LogP contribution in [0.15, 0.2) is 67.0 Å². The van der Waals surface area contributed by atoms with E-state index in [1.54, 1.807) is 0 Å². The van der Waals surface area contributed by atoms with Crippen molar-refractivity contribution in [3.05, 3.63) is 72.7 Å². The number of nitrogens with zero attached hydrogens (tertiary/aromatic N) is 2. The van der Waals surface area contributed by atoms with Crippen LogP contribution >= 0.6 is 0 Å². The van der Waals surface area contributed by atoms with Crippen molar-refractivity contribution in [1.82, 2.24) is 9.55 Å². The lowest BCUT2D eigenvalue weighted by atomic mass is 9.99. The van der Waals surface area contributed by atoms with E-state index in [2.05, 4.69) is 46.3 Å². The third-order valence-electron chi connectivity index (χ3n) is 4.70. The number of ether oxygens (including phenoxy) is 1. The molecule has 0 amide bonds. The van der Waals surface area contributed by atoms with E-state index in [1.807, 2.05) is 30.6 Å². The molecule has 4 nitrogen and oxygen atoms in total. The minimum Gasteiger partial charge on any atom is -0.383 e. The SMILES string of the molecule is c1ccc(NCCn2cnc(-c3ccccc3)c2[C@H]2CCOC2)cc1. The number of anilines is 1. The van der Waals surface area contributed by atoms with E-state index in [4.69, 9.17) is 9.72 Å². The molecule has 0 radical (unpaired) electrons. The second kappa shape index (κ2) is 7.53. The second-order valence-corrected chi connectivity index (χ2v) is 6.39. The predicted octanol–water partition coefficient (Wildman–Crippen LogP) is 4.17. The van der Waals surface area contributed by atoms with Gasteiger partial charge in [0.05, 0.1) is 24.3 Å². The van der Waals surface area contributed by atoms with Gasteiger partial charge in [0.25, 0.3) is 0 Å². The zero-order valence-corrected chi connectivity index (χ0v) is 14.3. The lowest BCUT2D eigenvalue weighted by molar-refractivity contribution is 0.193. The van der Waals surface area contributed by atoms with Gasteiger partial charge in [0, 0.05) is 36.9 Å². The molecule has 128 valence electrons. The molecule has 1 saturated heterocycles.